The number of nitrogens with zero attached hydrogens (tertiary/aromatic N) is 3. The zero-order valence-corrected chi connectivity index (χ0v) is 18.5. The van der Waals surface area contributed by atoms with Crippen LogP contribution in [0.5, 0.6) is 0 Å². The van der Waals surface area contributed by atoms with Gasteiger partial charge in [0.1, 0.15) is 5.82 Å². The topological polar surface area (TPSA) is 96.3 Å². The van der Waals surface area contributed by atoms with Crippen LogP contribution in [-0.2, 0) is 27.8 Å². The number of aryl methyl sites for hydroxylation is 2. The third-order valence-electron chi connectivity index (χ3n) is 4.34. The van der Waals surface area contributed by atoms with Crippen LogP contribution in [0.15, 0.2) is 23.1 Å². The number of sulfonamides is 1. The van der Waals surface area contributed by atoms with Gasteiger partial charge < -0.3 is 15.2 Å². The summed E-state index contributed by atoms with van der Waals surface area (Å²) < 4.78 is 27.9. The lowest BCUT2D eigenvalue weighted by atomic mass is 10.2. The van der Waals surface area contributed by atoms with Crippen LogP contribution in [0.25, 0.3) is 11.0 Å². The fourth-order valence-electron chi connectivity index (χ4n) is 2.86. The van der Waals surface area contributed by atoms with Gasteiger partial charge in [0, 0.05) is 46.6 Å². The maximum Gasteiger partial charge on any atom is 0.242 e. The van der Waals surface area contributed by atoms with Crippen LogP contribution in [0.2, 0.25) is 0 Å². The first-order chi connectivity index (χ1) is 12.8. The molecule has 0 bridgehead atoms. The summed E-state index contributed by atoms with van der Waals surface area (Å²) in [6.07, 6.45) is 0.851. The Morgan fingerprint density at radius 3 is 2.54 bits per heavy atom. The van der Waals surface area contributed by atoms with Gasteiger partial charge in [0.2, 0.25) is 15.9 Å². The van der Waals surface area contributed by atoms with Crippen LogP contribution in [-0.4, -0.2) is 61.9 Å². The van der Waals surface area contributed by atoms with Gasteiger partial charge in [-0.3, -0.25) is 4.79 Å². The average Bonchev–Trinajstić information content (AvgIpc) is 3.00. The van der Waals surface area contributed by atoms with E-state index in [4.69, 9.17) is 0 Å². The third kappa shape index (κ3) is 5.66. The molecule has 0 saturated heterocycles. The summed E-state index contributed by atoms with van der Waals surface area (Å²) in [7, 11) is -0.497. The Morgan fingerprint density at radius 2 is 1.93 bits per heavy atom. The second-order valence-corrected chi connectivity index (χ2v) is 8.57. The zero-order chi connectivity index (χ0) is 20.0. The molecular weight excluding hydrogens is 402 g/mol. The Morgan fingerprint density at radius 1 is 1.21 bits per heavy atom. The molecule has 1 heterocycles. The van der Waals surface area contributed by atoms with Gasteiger partial charge >= 0.3 is 0 Å². The maximum atomic E-state index is 12.3. The molecule has 1 amide bonds. The monoisotopic (exact) mass is 431 g/mol. The van der Waals surface area contributed by atoms with Crippen molar-refractivity contribution in [3.05, 3.63) is 24.0 Å². The van der Waals surface area contributed by atoms with Crippen molar-refractivity contribution in [3.8, 4) is 0 Å². The summed E-state index contributed by atoms with van der Waals surface area (Å²) in [5.74, 6) is 0.771. The molecule has 0 atom stereocenters. The van der Waals surface area contributed by atoms with E-state index in [1.807, 2.05) is 18.4 Å². The molecule has 1 aromatic heterocycles. The first-order valence-electron chi connectivity index (χ1n) is 9.20. The van der Waals surface area contributed by atoms with Gasteiger partial charge in [-0.05, 0) is 31.7 Å². The lowest BCUT2D eigenvalue weighted by molar-refractivity contribution is -0.121. The highest BCUT2D eigenvalue weighted by molar-refractivity contribution is 7.89. The molecule has 0 radical (unpaired) electrons. The highest BCUT2D eigenvalue weighted by atomic mass is 35.5. The summed E-state index contributed by atoms with van der Waals surface area (Å²) in [6, 6.07) is 4.97. The smallest absolute Gasteiger partial charge is 0.242 e. The summed E-state index contributed by atoms with van der Waals surface area (Å²) >= 11 is 0. The highest BCUT2D eigenvalue weighted by Gasteiger charge is 2.19. The van der Waals surface area contributed by atoms with Crippen LogP contribution in [0.3, 0.4) is 0 Å². The first-order valence-corrected chi connectivity index (χ1v) is 10.6. The molecule has 0 fully saturated rings. The van der Waals surface area contributed by atoms with E-state index in [0.717, 1.165) is 24.4 Å². The number of carbonyl (C=O) groups is 1. The molecule has 0 aliphatic carbocycles. The summed E-state index contributed by atoms with van der Waals surface area (Å²) in [5, 5.41) is 6.03. The van der Waals surface area contributed by atoms with Crippen molar-refractivity contribution in [2.45, 2.75) is 38.1 Å². The van der Waals surface area contributed by atoms with Gasteiger partial charge in [-0.1, -0.05) is 6.92 Å². The Labute approximate surface area is 173 Å². The Bertz CT molecular complexity index is 896. The summed E-state index contributed by atoms with van der Waals surface area (Å²) in [4.78, 5) is 16.8. The van der Waals surface area contributed by atoms with E-state index >= 15 is 0 Å². The molecule has 158 valence electrons. The lowest BCUT2D eigenvalue weighted by Gasteiger charge is -2.11. The molecule has 0 saturated carbocycles. The minimum Gasteiger partial charge on any atom is -0.355 e. The molecule has 2 aromatic rings. The van der Waals surface area contributed by atoms with Crippen molar-refractivity contribution < 1.29 is 13.2 Å². The molecule has 0 aliphatic rings. The number of aromatic nitrogens is 2. The predicted molar refractivity (Wildman–Crippen MR) is 113 cm³/mol. The zero-order valence-electron chi connectivity index (χ0n) is 16.9. The van der Waals surface area contributed by atoms with Gasteiger partial charge in [-0.15, -0.1) is 12.4 Å². The van der Waals surface area contributed by atoms with E-state index in [1.54, 1.807) is 18.2 Å². The largest absolute Gasteiger partial charge is 0.355 e. The highest BCUT2D eigenvalue weighted by Crippen LogP contribution is 2.22. The number of halogens is 1. The van der Waals surface area contributed by atoms with Crippen LogP contribution < -0.4 is 10.6 Å². The molecule has 28 heavy (non-hydrogen) atoms. The number of hydrogen-bond donors (Lipinski definition) is 2. The summed E-state index contributed by atoms with van der Waals surface area (Å²) in [5.41, 5.74) is 1.50. The fourth-order valence-corrected chi connectivity index (χ4v) is 3.78. The van der Waals surface area contributed by atoms with Gasteiger partial charge in [-0.2, -0.15) is 0 Å². The number of hydrogen-bond acceptors (Lipinski definition) is 5. The Kier molecular flexibility index (Phi) is 9.35. The predicted octanol–water partition coefficient (Wildman–Crippen LogP) is 1.39. The molecule has 1 aromatic carbocycles. The normalized spacial score (nSPS) is 11.6. The molecule has 0 aliphatic heterocycles. The van der Waals surface area contributed by atoms with E-state index in [-0.39, 0.29) is 23.2 Å². The number of carbonyl (C=O) groups excluding carboxylic acids is 1. The maximum absolute atomic E-state index is 12.3. The quantitative estimate of drug-likeness (QED) is 0.554. The van der Waals surface area contributed by atoms with Crippen molar-refractivity contribution in [1.29, 1.82) is 0 Å². The molecule has 0 unspecified atom stereocenters. The van der Waals surface area contributed by atoms with Gasteiger partial charge in [0.05, 0.1) is 15.9 Å². The second-order valence-electron chi connectivity index (χ2n) is 6.41. The van der Waals surface area contributed by atoms with E-state index in [0.29, 0.717) is 31.4 Å². The third-order valence-corrected chi connectivity index (χ3v) is 6.15. The molecule has 8 nitrogen and oxygen atoms in total. The number of rotatable bonds is 10. The number of amides is 1. The number of likely N-dealkylation sites (N-methyl/N-ethyl adjacent to an activating group) is 1. The van der Waals surface area contributed by atoms with Crippen molar-refractivity contribution >= 4 is 39.4 Å². The van der Waals surface area contributed by atoms with Crippen molar-refractivity contribution in [1.82, 2.24) is 24.5 Å². The first kappa shape index (κ1) is 24.4. The number of nitrogens with one attached hydrogen (secondary N) is 2. The Hall–Kier alpha value is -1.68. The number of fused-ring (bicyclic) bond motifs is 1. The van der Waals surface area contributed by atoms with Crippen LogP contribution in [0, 0.1) is 0 Å². The van der Waals surface area contributed by atoms with Gasteiger partial charge in [0.15, 0.2) is 0 Å². The van der Waals surface area contributed by atoms with Crippen molar-refractivity contribution in [2.24, 2.45) is 0 Å². The second kappa shape index (κ2) is 10.8. The average molecular weight is 432 g/mol. The summed E-state index contributed by atoms with van der Waals surface area (Å²) in [6.45, 7) is 6.95. The van der Waals surface area contributed by atoms with E-state index in [2.05, 4.69) is 15.6 Å². The van der Waals surface area contributed by atoms with E-state index < -0.39 is 10.0 Å². The van der Waals surface area contributed by atoms with E-state index in [1.165, 1.54) is 18.4 Å². The Balaban J connectivity index is 0.00000392. The van der Waals surface area contributed by atoms with Gasteiger partial charge in [-0.25, -0.2) is 17.7 Å². The number of imidazole rings is 1. The molecule has 0 spiro atoms. The molecule has 2 rings (SSSR count). The van der Waals surface area contributed by atoms with Crippen molar-refractivity contribution in [2.75, 3.05) is 33.7 Å². The van der Waals surface area contributed by atoms with Crippen molar-refractivity contribution in [3.63, 3.8) is 0 Å². The molecule has 10 heteroatoms. The van der Waals surface area contributed by atoms with E-state index in [9.17, 15) is 13.2 Å². The molecule has 2 N–H and O–H groups in total. The van der Waals surface area contributed by atoms with Gasteiger partial charge in [0.25, 0.3) is 0 Å². The lowest BCUT2D eigenvalue weighted by Crippen LogP contribution is -2.31. The minimum atomic E-state index is -3.51. The fraction of sp³-hybridized carbons (Fsp3) is 0.556. The minimum absolute atomic E-state index is 0. The van der Waals surface area contributed by atoms with Crippen LogP contribution in [0.4, 0.5) is 0 Å². The molecular formula is C18H30ClN5O3S. The standard InChI is InChI=1S/C18H29N5O3S.ClH/c1-5-19-11-12-20-18(24)10-9-17-21-15-13-14(27(25,26)22(3)4)7-8-16(15)23(17)6-2;/h7-8,13,19H,5-6,9-12H2,1-4H3,(H,20,24);1H. The van der Waals surface area contributed by atoms with Crippen LogP contribution in [0.1, 0.15) is 26.1 Å². The SMILES string of the molecule is CCNCCNC(=O)CCc1nc2cc(S(=O)(=O)N(C)C)ccc2n1CC.Cl. The van der Waals surface area contributed by atoms with Crippen LogP contribution >= 0.6 is 12.4 Å². The number of benzene rings is 1.